The van der Waals surface area contributed by atoms with E-state index in [9.17, 15) is 4.79 Å². The van der Waals surface area contributed by atoms with Crippen molar-refractivity contribution in [2.24, 2.45) is 0 Å². The molecule has 3 heteroatoms. The molecule has 0 saturated carbocycles. The van der Waals surface area contributed by atoms with E-state index < -0.39 is 0 Å². The third kappa shape index (κ3) is 3.33. The molecular formula is C15H23NO2. The third-order valence-corrected chi connectivity index (χ3v) is 3.24. The van der Waals surface area contributed by atoms with Crippen molar-refractivity contribution in [1.29, 1.82) is 0 Å². The first kappa shape index (κ1) is 14.7. The van der Waals surface area contributed by atoms with Crippen LogP contribution in [0, 0.1) is 0 Å². The second-order valence-electron chi connectivity index (χ2n) is 5.78. The Kier molecular flexibility index (Phi) is 4.52. The lowest BCUT2D eigenvalue weighted by molar-refractivity contribution is 0.0682. The lowest BCUT2D eigenvalue weighted by Crippen LogP contribution is -2.37. The van der Waals surface area contributed by atoms with Gasteiger partial charge in [0.15, 0.2) is 0 Å². The van der Waals surface area contributed by atoms with E-state index in [-0.39, 0.29) is 24.0 Å². The first-order valence-electron chi connectivity index (χ1n) is 6.26. The van der Waals surface area contributed by atoms with Gasteiger partial charge in [0.05, 0.1) is 12.6 Å². The molecule has 3 nitrogen and oxygen atoms in total. The number of amides is 1. The van der Waals surface area contributed by atoms with Gasteiger partial charge in [0.2, 0.25) is 0 Å². The Balaban J connectivity index is 2.89. The maximum absolute atomic E-state index is 12.1. The number of carbonyl (C=O) groups excluding carboxylic acids is 1. The van der Waals surface area contributed by atoms with Crippen molar-refractivity contribution in [1.82, 2.24) is 4.90 Å². The van der Waals surface area contributed by atoms with Crippen molar-refractivity contribution >= 4 is 5.91 Å². The summed E-state index contributed by atoms with van der Waals surface area (Å²) in [4.78, 5) is 13.7. The van der Waals surface area contributed by atoms with Crippen LogP contribution in [0.2, 0.25) is 0 Å². The monoisotopic (exact) mass is 249 g/mol. The van der Waals surface area contributed by atoms with Crippen LogP contribution in [0.15, 0.2) is 24.3 Å². The zero-order chi connectivity index (χ0) is 13.9. The first-order valence-corrected chi connectivity index (χ1v) is 6.26. The normalized spacial score (nSPS) is 13.2. The summed E-state index contributed by atoms with van der Waals surface area (Å²) in [7, 11) is 1.71. The number of aliphatic hydroxyl groups is 1. The number of nitrogens with zero attached hydrogens (tertiary/aromatic N) is 1. The van der Waals surface area contributed by atoms with Gasteiger partial charge in [-0.15, -0.1) is 0 Å². The summed E-state index contributed by atoms with van der Waals surface area (Å²) in [5, 5.41) is 9.06. The molecule has 0 heterocycles. The van der Waals surface area contributed by atoms with Gasteiger partial charge in [-0.1, -0.05) is 32.9 Å². The van der Waals surface area contributed by atoms with E-state index in [0.29, 0.717) is 5.56 Å². The summed E-state index contributed by atoms with van der Waals surface area (Å²) in [6, 6.07) is 7.52. The third-order valence-electron chi connectivity index (χ3n) is 3.24. The largest absolute Gasteiger partial charge is 0.394 e. The highest BCUT2D eigenvalue weighted by Gasteiger charge is 2.18. The van der Waals surface area contributed by atoms with Gasteiger partial charge < -0.3 is 10.0 Å². The molecule has 0 fully saturated rings. The Morgan fingerprint density at radius 3 is 2.17 bits per heavy atom. The van der Waals surface area contributed by atoms with E-state index in [1.165, 1.54) is 5.56 Å². The molecule has 0 radical (unpaired) electrons. The van der Waals surface area contributed by atoms with Gasteiger partial charge >= 0.3 is 0 Å². The van der Waals surface area contributed by atoms with Crippen LogP contribution < -0.4 is 0 Å². The van der Waals surface area contributed by atoms with E-state index in [4.69, 9.17) is 5.11 Å². The summed E-state index contributed by atoms with van der Waals surface area (Å²) in [6.07, 6.45) is 0. The van der Waals surface area contributed by atoms with Crippen LogP contribution in [0.25, 0.3) is 0 Å². The molecule has 0 aliphatic rings. The maximum atomic E-state index is 12.1. The Morgan fingerprint density at radius 1 is 1.28 bits per heavy atom. The highest BCUT2D eigenvalue weighted by atomic mass is 16.3. The molecule has 100 valence electrons. The SMILES string of the molecule is CC(CO)N(C)C(=O)c1ccc(C(C)(C)C)cc1. The van der Waals surface area contributed by atoms with Crippen LogP contribution in [-0.2, 0) is 5.41 Å². The van der Waals surface area contributed by atoms with Crippen molar-refractivity contribution in [3.63, 3.8) is 0 Å². The zero-order valence-corrected chi connectivity index (χ0v) is 11.9. The molecule has 1 unspecified atom stereocenters. The highest BCUT2D eigenvalue weighted by Crippen LogP contribution is 2.22. The van der Waals surface area contributed by atoms with Crippen LogP contribution in [0.4, 0.5) is 0 Å². The van der Waals surface area contributed by atoms with Gasteiger partial charge in [0.25, 0.3) is 5.91 Å². The summed E-state index contributed by atoms with van der Waals surface area (Å²) < 4.78 is 0. The fourth-order valence-electron chi connectivity index (χ4n) is 1.64. The maximum Gasteiger partial charge on any atom is 0.253 e. The number of hydrogen-bond donors (Lipinski definition) is 1. The minimum absolute atomic E-state index is 0.0255. The molecule has 0 aliphatic heterocycles. The summed E-state index contributed by atoms with van der Waals surface area (Å²) in [5.74, 6) is -0.0583. The first-order chi connectivity index (χ1) is 8.27. The highest BCUT2D eigenvalue weighted by molar-refractivity contribution is 5.94. The molecule has 0 aromatic heterocycles. The number of benzene rings is 1. The van der Waals surface area contributed by atoms with E-state index in [1.54, 1.807) is 11.9 Å². The van der Waals surface area contributed by atoms with Crippen LogP contribution in [0.1, 0.15) is 43.6 Å². The molecular weight excluding hydrogens is 226 g/mol. The van der Waals surface area contributed by atoms with Gasteiger partial charge in [0.1, 0.15) is 0 Å². The van der Waals surface area contributed by atoms with Gasteiger partial charge in [-0.05, 0) is 30.0 Å². The second kappa shape index (κ2) is 5.53. The lowest BCUT2D eigenvalue weighted by Gasteiger charge is -2.24. The molecule has 18 heavy (non-hydrogen) atoms. The average Bonchev–Trinajstić information content (AvgIpc) is 2.35. The molecule has 0 bridgehead atoms. The Bertz CT molecular complexity index is 403. The fraction of sp³-hybridized carbons (Fsp3) is 0.533. The van der Waals surface area contributed by atoms with Gasteiger partial charge in [-0.2, -0.15) is 0 Å². The quantitative estimate of drug-likeness (QED) is 0.894. The molecule has 0 spiro atoms. The van der Waals surface area contributed by atoms with Crippen LogP contribution >= 0.6 is 0 Å². The molecule has 0 aliphatic carbocycles. The molecule has 1 aromatic carbocycles. The fourth-order valence-corrected chi connectivity index (χ4v) is 1.64. The number of likely N-dealkylation sites (N-methyl/N-ethyl adjacent to an activating group) is 1. The Morgan fingerprint density at radius 2 is 1.78 bits per heavy atom. The van der Waals surface area contributed by atoms with Crippen LogP contribution in [0.3, 0.4) is 0 Å². The number of carbonyl (C=O) groups is 1. The lowest BCUT2D eigenvalue weighted by atomic mass is 9.86. The number of aliphatic hydroxyl groups excluding tert-OH is 1. The summed E-state index contributed by atoms with van der Waals surface area (Å²) in [5.41, 5.74) is 1.95. The molecule has 1 N–H and O–H groups in total. The number of hydrogen-bond acceptors (Lipinski definition) is 2. The second-order valence-corrected chi connectivity index (χ2v) is 5.78. The molecule has 1 aromatic rings. The van der Waals surface area contributed by atoms with E-state index in [0.717, 1.165) is 0 Å². The van der Waals surface area contributed by atoms with Crippen molar-refractivity contribution in [2.75, 3.05) is 13.7 Å². The Hall–Kier alpha value is -1.35. The molecule has 1 rings (SSSR count). The van der Waals surface area contributed by atoms with Crippen LogP contribution in [0.5, 0.6) is 0 Å². The van der Waals surface area contributed by atoms with Crippen molar-refractivity contribution in [3.05, 3.63) is 35.4 Å². The van der Waals surface area contributed by atoms with E-state index in [2.05, 4.69) is 20.8 Å². The minimum atomic E-state index is -0.167. The van der Waals surface area contributed by atoms with Gasteiger partial charge in [-0.3, -0.25) is 4.79 Å². The smallest absolute Gasteiger partial charge is 0.253 e. The van der Waals surface area contributed by atoms with E-state index in [1.807, 2.05) is 31.2 Å². The summed E-state index contributed by atoms with van der Waals surface area (Å²) in [6.45, 7) is 8.22. The van der Waals surface area contributed by atoms with Crippen molar-refractivity contribution in [2.45, 2.75) is 39.2 Å². The molecule has 0 saturated heterocycles. The molecule has 1 amide bonds. The Labute approximate surface area is 109 Å². The van der Waals surface area contributed by atoms with Gasteiger partial charge in [0, 0.05) is 12.6 Å². The summed E-state index contributed by atoms with van der Waals surface area (Å²) >= 11 is 0. The number of rotatable bonds is 3. The minimum Gasteiger partial charge on any atom is -0.394 e. The predicted molar refractivity (Wildman–Crippen MR) is 73.8 cm³/mol. The van der Waals surface area contributed by atoms with Crippen molar-refractivity contribution in [3.8, 4) is 0 Å². The topological polar surface area (TPSA) is 40.5 Å². The van der Waals surface area contributed by atoms with Crippen LogP contribution in [-0.4, -0.2) is 35.6 Å². The average molecular weight is 249 g/mol. The van der Waals surface area contributed by atoms with Gasteiger partial charge in [-0.25, -0.2) is 0 Å². The standard InChI is InChI=1S/C15H23NO2/c1-11(10-17)16(5)14(18)12-6-8-13(9-7-12)15(2,3)4/h6-9,11,17H,10H2,1-5H3. The van der Waals surface area contributed by atoms with Crippen molar-refractivity contribution < 1.29 is 9.90 Å². The zero-order valence-electron chi connectivity index (χ0n) is 11.9. The predicted octanol–water partition coefficient (Wildman–Crippen LogP) is 2.44. The molecule has 1 atom stereocenters. The van der Waals surface area contributed by atoms with E-state index >= 15 is 0 Å².